The zero-order chi connectivity index (χ0) is 11.5. The number of ether oxygens (including phenoxy) is 1. The Kier molecular flexibility index (Phi) is 3.07. The fraction of sp³-hybridized carbons (Fsp3) is 0.0909. The van der Waals surface area contributed by atoms with Gasteiger partial charge in [0.15, 0.2) is 0 Å². The number of hydrogen-bond donors (Lipinski definition) is 1. The van der Waals surface area contributed by atoms with Crippen molar-refractivity contribution in [2.75, 3.05) is 7.11 Å². The summed E-state index contributed by atoms with van der Waals surface area (Å²) in [4.78, 5) is 0. The Morgan fingerprint density at radius 2 is 1.69 bits per heavy atom. The average Bonchev–Trinajstić information content (AvgIpc) is 2.27. The molecule has 0 spiro atoms. The number of rotatable bonds is 3. The number of methoxy groups -OCH3 is 1. The lowest BCUT2D eigenvalue weighted by Gasteiger charge is -2.04. The maximum atomic E-state index is 10.5. The molecule has 0 radical (unpaired) electrons. The zero-order valence-electron chi connectivity index (χ0n) is 8.54. The molecule has 84 valence electrons. The molecule has 16 heavy (non-hydrogen) atoms. The summed E-state index contributed by atoms with van der Waals surface area (Å²) in [5.74, 6) is 1.08. The molecule has 2 rings (SSSR count). The molecule has 1 unspecified atom stereocenters. The predicted molar refractivity (Wildman–Crippen MR) is 61.9 cm³/mol. The summed E-state index contributed by atoms with van der Waals surface area (Å²) >= 11 is -2.30. The van der Waals surface area contributed by atoms with E-state index in [1.807, 2.05) is 24.3 Å². The van der Waals surface area contributed by atoms with Crippen molar-refractivity contribution in [3.05, 3.63) is 36.4 Å². The first kappa shape index (κ1) is 10.9. The van der Waals surface area contributed by atoms with Gasteiger partial charge in [0.25, 0.3) is 0 Å². The minimum atomic E-state index is -2.30. The molecule has 0 saturated carbocycles. The Bertz CT molecular complexity index is 538. The Morgan fingerprint density at radius 3 is 2.31 bits per heavy atom. The second-order valence-electron chi connectivity index (χ2n) is 3.18. The van der Waals surface area contributed by atoms with E-state index in [0.717, 1.165) is 16.5 Å². The molecule has 2 aromatic carbocycles. The highest BCUT2D eigenvalue weighted by atomic mass is 32.2. The van der Waals surface area contributed by atoms with Crippen LogP contribution in [0.2, 0.25) is 0 Å². The van der Waals surface area contributed by atoms with Crippen LogP contribution in [0.3, 0.4) is 0 Å². The van der Waals surface area contributed by atoms with Crippen LogP contribution in [0.15, 0.2) is 36.4 Å². The van der Waals surface area contributed by atoms with Crippen molar-refractivity contribution in [3.8, 4) is 11.5 Å². The van der Waals surface area contributed by atoms with E-state index in [1.54, 1.807) is 19.2 Å². The van der Waals surface area contributed by atoms with E-state index in [9.17, 15) is 4.21 Å². The highest BCUT2D eigenvalue weighted by molar-refractivity contribution is 7.74. The molecule has 0 bridgehead atoms. The predicted octanol–water partition coefficient (Wildman–Crippen LogP) is 2.36. The third kappa shape index (κ3) is 2.32. The largest absolute Gasteiger partial charge is 0.497 e. The molecular weight excluding hydrogens is 228 g/mol. The summed E-state index contributed by atoms with van der Waals surface area (Å²) in [6.45, 7) is 0. The van der Waals surface area contributed by atoms with E-state index >= 15 is 0 Å². The Balaban J connectivity index is 2.46. The monoisotopic (exact) mass is 238 g/mol. The van der Waals surface area contributed by atoms with E-state index < -0.39 is 11.4 Å². The lowest BCUT2D eigenvalue weighted by molar-refractivity contribution is 0.415. The number of fused-ring (bicyclic) bond motifs is 1. The van der Waals surface area contributed by atoms with E-state index in [1.165, 1.54) is 0 Å². The van der Waals surface area contributed by atoms with E-state index in [2.05, 4.69) is 4.18 Å². The van der Waals surface area contributed by atoms with Gasteiger partial charge >= 0.3 is 11.4 Å². The SMILES string of the molecule is COc1ccc2ccc(OS(=O)O)cc2c1. The van der Waals surface area contributed by atoms with Crippen LogP contribution in [0.5, 0.6) is 11.5 Å². The van der Waals surface area contributed by atoms with E-state index in [-0.39, 0.29) is 0 Å². The fourth-order valence-electron chi connectivity index (χ4n) is 1.46. The summed E-state index contributed by atoms with van der Waals surface area (Å²) in [5.41, 5.74) is 0. The minimum Gasteiger partial charge on any atom is -0.497 e. The summed E-state index contributed by atoms with van der Waals surface area (Å²) in [5, 5.41) is 1.90. The second kappa shape index (κ2) is 4.51. The van der Waals surface area contributed by atoms with Crippen molar-refractivity contribution in [2.45, 2.75) is 0 Å². The van der Waals surface area contributed by atoms with Crippen LogP contribution in [0.1, 0.15) is 0 Å². The van der Waals surface area contributed by atoms with Gasteiger partial charge in [-0.2, -0.15) is 4.21 Å². The lowest BCUT2D eigenvalue weighted by Crippen LogP contribution is -1.96. The molecule has 0 aliphatic heterocycles. The molecule has 5 heteroatoms. The van der Waals surface area contributed by atoms with Crippen molar-refractivity contribution in [2.24, 2.45) is 0 Å². The Labute approximate surface area is 95.3 Å². The number of hydrogen-bond acceptors (Lipinski definition) is 3. The maximum Gasteiger partial charge on any atom is 0.357 e. The first-order valence-electron chi connectivity index (χ1n) is 4.56. The molecular formula is C11H10O4S. The smallest absolute Gasteiger partial charge is 0.357 e. The standard InChI is InChI=1S/C11H10O4S/c1-14-10-4-2-8-3-5-11(15-16(12)13)7-9(8)6-10/h2-7H,1H3,(H,12,13). The normalized spacial score (nSPS) is 12.4. The van der Waals surface area contributed by atoms with E-state index in [4.69, 9.17) is 9.29 Å². The Hall–Kier alpha value is -1.59. The molecule has 1 atom stereocenters. The van der Waals surface area contributed by atoms with Gasteiger partial charge in [-0.15, -0.1) is 0 Å². The summed E-state index contributed by atoms with van der Waals surface area (Å²) in [6.07, 6.45) is 0. The molecule has 0 amide bonds. The summed E-state index contributed by atoms with van der Waals surface area (Å²) in [7, 11) is 1.59. The third-order valence-electron chi connectivity index (χ3n) is 2.19. The quantitative estimate of drug-likeness (QED) is 0.834. The average molecular weight is 238 g/mol. The molecule has 0 fully saturated rings. The van der Waals surface area contributed by atoms with Crippen LogP contribution >= 0.6 is 0 Å². The van der Waals surface area contributed by atoms with Gasteiger partial charge in [-0.25, -0.2) is 0 Å². The van der Waals surface area contributed by atoms with Gasteiger partial charge < -0.3 is 8.92 Å². The third-order valence-corrected chi connectivity index (χ3v) is 2.52. The van der Waals surface area contributed by atoms with E-state index in [0.29, 0.717) is 5.75 Å². The van der Waals surface area contributed by atoms with Crippen LogP contribution < -0.4 is 8.92 Å². The molecule has 0 saturated heterocycles. The van der Waals surface area contributed by atoms with Crippen molar-refractivity contribution in [1.82, 2.24) is 0 Å². The van der Waals surface area contributed by atoms with Gasteiger partial charge in [0.2, 0.25) is 0 Å². The minimum absolute atomic E-state index is 0.349. The highest BCUT2D eigenvalue weighted by Gasteiger charge is 2.01. The molecule has 0 aliphatic carbocycles. The molecule has 2 aromatic rings. The molecule has 0 aromatic heterocycles. The Morgan fingerprint density at radius 1 is 1.06 bits per heavy atom. The van der Waals surface area contributed by atoms with Gasteiger partial charge in [0, 0.05) is 0 Å². The van der Waals surface area contributed by atoms with Crippen molar-refractivity contribution in [3.63, 3.8) is 0 Å². The first-order valence-corrected chi connectivity index (χ1v) is 5.59. The number of benzene rings is 2. The zero-order valence-corrected chi connectivity index (χ0v) is 9.36. The van der Waals surface area contributed by atoms with Gasteiger partial charge in [-0.3, -0.25) is 4.55 Å². The van der Waals surface area contributed by atoms with Crippen molar-refractivity contribution < 1.29 is 17.7 Å². The van der Waals surface area contributed by atoms with Crippen LogP contribution in [0.4, 0.5) is 0 Å². The molecule has 1 N–H and O–H groups in total. The van der Waals surface area contributed by atoms with Crippen molar-refractivity contribution >= 4 is 22.1 Å². The van der Waals surface area contributed by atoms with Crippen LogP contribution in [0.25, 0.3) is 10.8 Å². The van der Waals surface area contributed by atoms with Gasteiger partial charge in [-0.05, 0) is 35.0 Å². The highest BCUT2D eigenvalue weighted by Crippen LogP contribution is 2.25. The fourth-order valence-corrected chi connectivity index (χ4v) is 1.73. The summed E-state index contributed by atoms with van der Waals surface area (Å²) < 4.78 is 28.9. The topological polar surface area (TPSA) is 55.8 Å². The first-order chi connectivity index (χ1) is 7.69. The van der Waals surface area contributed by atoms with Gasteiger partial charge in [0.1, 0.15) is 11.5 Å². The molecule has 0 heterocycles. The molecule has 4 nitrogen and oxygen atoms in total. The second-order valence-corrected chi connectivity index (χ2v) is 3.78. The lowest BCUT2D eigenvalue weighted by atomic mass is 10.1. The van der Waals surface area contributed by atoms with Gasteiger partial charge in [-0.1, -0.05) is 12.1 Å². The van der Waals surface area contributed by atoms with Crippen LogP contribution in [0, 0.1) is 0 Å². The molecule has 0 aliphatic rings. The van der Waals surface area contributed by atoms with Crippen LogP contribution in [-0.4, -0.2) is 15.9 Å². The van der Waals surface area contributed by atoms with Crippen molar-refractivity contribution in [1.29, 1.82) is 0 Å². The van der Waals surface area contributed by atoms with Gasteiger partial charge in [0.05, 0.1) is 7.11 Å². The maximum absolute atomic E-state index is 10.5. The summed E-state index contributed by atoms with van der Waals surface area (Å²) in [6, 6.07) is 10.7. The van der Waals surface area contributed by atoms with Crippen LogP contribution in [-0.2, 0) is 11.4 Å².